The summed E-state index contributed by atoms with van der Waals surface area (Å²) in [5.41, 5.74) is 0. The smallest absolute Gasteiger partial charge is 0.549 e. The van der Waals surface area contributed by atoms with Crippen LogP contribution in [-0.4, -0.2) is 29.8 Å². The Morgan fingerprint density at radius 2 is 1.91 bits per heavy atom. The van der Waals surface area contributed by atoms with Crippen LogP contribution >= 0.6 is 0 Å². The molecule has 11 heavy (non-hydrogen) atoms. The number of hydrogen-bond donors (Lipinski definition) is 2. The number of carboxylic acids is 2. The van der Waals surface area contributed by atoms with Gasteiger partial charge >= 0.3 is 19.5 Å². The van der Waals surface area contributed by atoms with Gasteiger partial charge in [-0.1, -0.05) is 0 Å². The van der Waals surface area contributed by atoms with E-state index in [9.17, 15) is 19.8 Å². The van der Waals surface area contributed by atoms with E-state index in [1.807, 2.05) is 0 Å². The predicted molar refractivity (Wildman–Crippen MR) is 24.0 cm³/mol. The first kappa shape index (κ1) is 13.1. The summed E-state index contributed by atoms with van der Waals surface area (Å²) in [4.78, 5) is 19.3. The van der Waals surface area contributed by atoms with Gasteiger partial charge in [0.15, 0.2) is 0 Å². The molecule has 0 heterocycles. The van der Waals surface area contributed by atoms with E-state index < -0.39 is 24.7 Å². The average molecular weight is 212 g/mol. The number of carbonyl (C=O) groups excluding carboxylic acids is 2. The molecule has 0 rings (SSSR count). The Balaban J connectivity index is 0. The van der Waals surface area contributed by atoms with Gasteiger partial charge in [-0.3, -0.25) is 5.32 Å². The summed E-state index contributed by atoms with van der Waals surface area (Å²) in [5, 5.41) is 29.3. The van der Waals surface area contributed by atoms with E-state index in [0.29, 0.717) is 0 Å². The van der Waals surface area contributed by atoms with Gasteiger partial charge in [-0.25, -0.2) is 0 Å². The second-order valence-electron chi connectivity index (χ2n) is 1.47. The Bertz CT molecular complexity index is 149. The minimum atomic E-state index is -1.96. The van der Waals surface area contributed by atoms with E-state index in [1.165, 1.54) is 0 Å². The summed E-state index contributed by atoms with van der Waals surface area (Å²) in [6, 6.07) is 0. The van der Waals surface area contributed by atoms with Crippen LogP contribution in [-0.2, 0) is 29.1 Å². The maximum atomic E-state index is 9.67. The molecule has 0 aliphatic rings. The average Bonchev–Trinajstić information content (AvgIpc) is 1.82. The van der Waals surface area contributed by atoms with E-state index in [0.717, 1.165) is 0 Å². The van der Waals surface area contributed by atoms with Crippen molar-refractivity contribution in [3.8, 4) is 0 Å². The third kappa shape index (κ3) is 7.38. The Labute approximate surface area is 75.0 Å². The molecular weight excluding hydrogens is 207 g/mol. The van der Waals surface area contributed by atoms with Crippen LogP contribution in [0.25, 0.3) is 0 Å². The van der Waals surface area contributed by atoms with Crippen LogP contribution in [0, 0.1) is 0 Å². The molecule has 6 nitrogen and oxygen atoms in total. The van der Waals surface area contributed by atoms with Crippen LogP contribution in [0.4, 0.5) is 0 Å². The van der Waals surface area contributed by atoms with E-state index in [1.54, 1.807) is 5.32 Å². The van der Waals surface area contributed by atoms with Gasteiger partial charge in [0.25, 0.3) is 0 Å². The molecule has 0 radical (unpaired) electrons. The first-order valence-corrected chi connectivity index (χ1v) is 2.36. The second-order valence-corrected chi connectivity index (χ2v) is 1.47. The molecule has 0 aromatic rings. The Morgan fingerprint density at radius 3 is 2.18 bits per heavy atom. The molecule has 2 N–H and O–H groups in total. The first-order valence-electron chi connectivity index (χ1n) is 2.36. The summed E-state index contributed by atoms with van der Waals surface area (Å²) >= 11 is 0. The summed E-state index contributed by atoms with van der Waals surface area (Å²) in [7, 11) is 0. The number of carbonyl (C=O) groups is 2. The van der Waals surface area contributed by atoms with E-state index >= 15 is 0 Å². The van der Waals surface area contributed by atoms with Crippen molar-refractivity contribution >= 4 is 11.9 Å². The molecule has 0 saturated heterocycles. The van der Waals surface area contributed by atoms with Crippen molar-refractivity contribution < 1.29 is 44.4 Å². The number of hydrogen-bond acceptors (Lipinski definition) is 6. The molecule has 0 aromatic carbocycles. The molecule has 0 fully saturated rings. The fraction of sp³-hybridized carbons (Fsp3) is 0.500. The number of carboxylic acid groups (broad SMARTS) is 2. The van der Waals surface area contributed by atoms with Crippen molar-refractivity contribution in [2.75, 3.05) is 6.54 Å². The molecule has 0 amide bonds. The van der Waals surface area contributed by atoms with Crippen LogP contribution in [0.5, 0.6) is 0 Å². The quantitative estimate of drug-likeness (QED) is 0.358. The zero-order valence-corrected chi connectivity index (χ0v) is 8.54. The zero-order chi connectivity index (χ0) is 8.15. The van der Waals surface area contributed by atoms with E-state index in [4.69, 9.17) is 5.11 Å². The largest absolute Gasteiger partial charge is 2.00 e. The van der Waals surface area contributed by atoms with Crippen molar-refractivity contribution in [3.63, 3.8) is 0 Å². The van der Waals surface area contributed by atoms with Crippen molar-refractivity contribution in [3.05, 3.63) is 0 Å². The van der Waals surface area contributed by atoms with E-state index in [-0.39, 0.29) is 19.5 Å². The van der Waals surface area contributed by atoms with Gasteiger partial charge in [0, 0.05) is 6.54 Å². The summed E-state index contributed by atoms with van der Waals surface area (Å²) in [6.07, 6.45) is -1.96. The molecule has 1 unspecified atom stereocenters. The van der Waals surface area contributed by atoms with Gasteiger partial charge in [-0.15, -0.1) is 0 Å². The van der Waals surface area contributed by atoms with Gasteiger partial charge in [-0.05, 0) is 0 Å². The fourth-order valence-corrected chi connectivity index (χ4v) is 0.263. The Kier molecular flexibility index (Phi) is 7.40. The zero-order valence-electron chi connectivity index (χ0n) is 5.57. The fourth-order valence-electron chi connectivity index (χ4n) is 0.263. The summed E-state index contributed by atoms with van der Waals surface area (Å²) in [5.74, 6) is -3.28. The second kappa shape index (κ2) is 6.21. The number of rotatable bonds is 4. The third-order valence-corrected chi connectivity index (χ3v) is 0.663. The van der Waals surface area contributed by atoms with Gasteiger partial charge in [0.2, 0.25) is 0 Å². The molecule has 0 aliphatic heterocycles. The maximum absolute atomic E-state index is 9.67. The van der Waals surface area contributed by atoms with Crippen LogP contribution < -0.4 is 15.5 Å². The van der Waals surface area contributed by atoms with Crippen molar-refractivity contribution in [1.29, 1.82) is 0 Å². The monoisotopic (exact) mass is 211 g/mol. The minimum absolute atomic E-state index is 0. The minimum Gasteiger partial charge on any atom is -0.549 e. The first-order chi connectivity index (χ1) is 4.54. The molecule has 7 heteroatoms. The molecule has 0 bridgehead atoms. The molecule has 1 atom stereocenters. The van der Waals surface area contributed by atoms with Crippen LogP contribution in [0.15, 0.2) is 0 Å². The van der Waals surface area contributed by atoms with Gasteiger partial charge in [0.1, 0.15) is 6.23 Å². The number of nitrogens with one attached hydrogen (secondary N) is 1. The topological polar surface area (TPSA) is 113 Å². The van der Waals surface area contributed by atoms with Crippen LogP contribution in [0.3, 0.4) is 0 Å². The number of aliphatic hydroxyl groups is 1. The van der Waals surface area contributed by atoms with Gasteiger partial charge in [0.05, 0.1) is 11.9 Å². The standard InChI is InChI=1S/C4H7NO5.Zn/c6-2(7)1-5-3(8)4(9)10;/h3,5,8H,1H2,(H,6,7)(H,9,10);/q;+2/p-2. The Hall–Kier alpha value is -0.517. The third-order valence-electron chi connectivity index (χ3n) is 0.663. The van der Waals surface area contributed by atoms with Gasteiger partial charge in [-0.2, -0.15) is 0 Å². The SMILES string of the molecule is O=C([O-])CNC(O)C(=O)[O-].[Zn+2]. The molecule has 58 valence electrons. The number of aliphatic carboxylic acids is 2. The maximum Gasteiger partial charge on any atom is 2.00 e. The normalized spacial score (nSPS) is 11.4. The van der Waals surface area contributed by atoms with Crippen molar-refractivity contribution in [2.45, 2.75) is 6.23 Å². The van der Waals surface area contributed by atoms with Crippen LogP contribution in [0.2, 0.25) is 0 Å². The van der Waals surface area contributed by atoms with E-state index in [2.05, 4.69) is 0 Å². The van der Waals surface area contributed by atoms with Crippen molar-refractivity contribution in [1.82, 2.24) is 5.32 Å². The summed E-state index contributed by atoms with van der Waals surface area (Å²) < 4.78 is 0. The predicted octanol–water partition coefficient (Wildman–Crippen LogP) is -4.61. The molecular formula is C4H5NO5Zn. The molecule has 0 aromatic heterocycles. The molecule has 0 spiro atoms. The number of aliphatic hydroxyl groups excluding tert-OH is 1. The Morgan fingerprint density at radius 1 is 1.45 bits per heavy atom. The molecule has 0 aliphatic carbocycles. The molecule has 0 saturated carbocycles. The summed E-state index contributed by atoms with van der Waals surface area (Å²) in [6.45, 7) is -0.727. The van der Waals surface area contributed by atoms with Crippen LogP contribution in [0.1, 0.15) is 0 Å². The van der Waals surface area contributed by atoms with Crippen molar-refractivity contribution in [2.24, 2.45) is 0 Å². The van der Waals surface area contributed by atoms with Gasteiger partial charge < -0.3 is 24.9 Å².